The normalized spacial score (nSPS) is 21.7. The minimum absolute atomic E-state index is 0.125. The van der Waals surface area contributed by atoms with E-state index in [-0.39, 0.29) is 28.5 Å². The third-order valence-electron chi connectivity index (χ3n) is 8.16. The average Bonchev–Trinajstić information content (AvgIpc) is 3.17. The van der Waals surface area contributed by atoms with Gasteiger partial charge in [-0.3, -0.25) is 14.6 Å². The number of carbonyl (C=O) groups excluding carboxylic acids is 2. The van der Waals surface area contributed by atoms with E-state index in [9.17, 15) is 18.4 Å². The zero-order valence-corrected chi connectivity index (χ0v) is 21.8. The molecule has 202 valence electrons. The van der Waals surface area contributed by atoms with Gasteiger partial charge in [0, 0.05) is 37.6 Å². The monoisotopic (exact) mass is 552 g/mol. The van der Waals surface area contributed by atoms with Crippen molar-refractivity contribution in [2.45, 2.75) is 43.6 Å². The van der Waals surface area contributed by atoms with Crippen LogP contribution in [0.3, 0.4) is 0 Å². The summed E-state index contributed by atoms with van der Waals surface area (Å²) in [4.78, 5) is 42.5. The molecule has 1 saturated carbocycles. The highest BCUT2D eigenvalue weighted by atomic mass is 35.5. The van der Waals surface area contributed by atoms with Crippen molar-refractivity contribution in [1.82, 2.24) is 20.3 Å². The molecular weight excluding hydrogens is 526 g/mol. The Morgan fingerprint density at radius 1 is 1.10 bits per heavy atom. The first-order valence-electron chi connectivity index (χ1n) is 13.0. The second kappa shape index (κ2) is 10.1. The van der Waals surface area contributed by atoms with Gasteiger partial charge in [-0.2, -0.15) is 0 Å². The molecule has 39 heavy (non-hydrogen) atoms. The number of halogens is 3. The Morgan fingerprint density at radius 3 is 2.54 bits per heavy atom. The number of benzene rings is 1. The summed E-state index contributed by atoms with van der Waals surface area (Å²) < 4.78 is 26.7. The van der Waals surface area contributed by atoms with E-state index >= 15 is 0 Å². The minimum Gasteiger partial charge on any atom is -0.366 e. The Labute approximate surface area is 229 Å². The summed E-state index contributed by atoms with van der Waals surface area (Å²) in [5.74, 6) is -0.193. The Kier molecular flexibility index (Phi) is 6.66. The van der Waals surface area contributed by atoms with Crippen LogP contribution in [0.25, 0.3) is 0 Å². The third-order valence-corrected chi connectivity index (χ3v) is 8.36. The van der Waals surface area contributed by atoms with Crippen LogP contribution in [-0.2, 0) is 10.2 Å². The van der Waals surface area contributed by atoms with Gasteiger partial charge in [0.15, 0.2) is 0 Å². The molecule has 2 aliphatic heterocycles. The molecule has 2 amide bonds. The molecule has 1 saturated heterocycles. The van der Waals surface area contributed by atoms with E-state index in [2.05, 4.69) is 31.2 Å². The van der Waals surface area contributed by atoms with Crippen LogP contribution in [0.2, 0.25) is 5.02 Å². The maximum atomic E-state index is 13.8. The molecule has 3 aromatic rings. The predicted molar refractivity (Wildman–Crippen MR) is 142 cm³/mol. The number of alkyl halides is 2. The van der Waals surface area contributed by atoms with Gasteiger partial charge in [0.2, 0.25) is 5.91 Å². The SMILES string of the molecule is O=C(NC1CCC(CN2C(=O)C3(CN(c4cncnc4)C3)c3ccccc32)CC1)c1cc(Cl)cnc1C(F)F. The van der Waals surface area contributed by atoms with Gasteiger partial charge < -0.3 is 15.1 Å². The summed E-state index contributed by atoms with van der Waals surface area (Å²) in [6.45, 7) is 1.79. The van der Waals surface area contributed by atoms with E-state index in [1.165, 1.54) is 12.4 Å². The fraction of sp³-hybridized carbons (Fsp3) is 0.393. The number of nitrogens with zero attached hydrogens (tertiary/aromatic N) is 5. The Hall–Kier alpha value is -3.66. The lowest BCUT2D eigenvalue weighted by Crippen LogP contribution is -2.64. The second-order valence-electron chi connectivity index (χ2n) is 10.5. The lowest BCUT2D eigenvalue weighted by atomic mass is 9.74. The first-order chi connectivity index (χ1) is 18.9. The van der Waals surface area contributed by atoms with Crippen LogP contribution in [-0.4, -0.2) is 52.4 Å². The van der Waals surface area contributed by atoms with Gasteiger partial charge in [-0.05, 0) is 49.3 Å². The highest BCUT2D eigenvalue weighted by Gasteiger charge is 2.58. The van der Waals surface area contributed by atoms with E-state index in [4.69, 9.17) is 11.6 Å². The van der Waals surface area contributed by atoms with Gasteiger partial charge in [-0.25, -0.2) is 18.7 Å². The van der Waals surface area contributed by atoms with Gasteiger partial charge in [0.05, 0.1) is 28.7 Å². The number of pyridine rings is 1. The Bertz CT molecular complexity index is 1390. The second-order valence-corrected chi connectivity index (χ2v) is 11.0. The number of amides is 2. The molecule has 1 spiro atoms. The topological polar surface area (TPSA) is 91.3 Å². The molecule has 2 fully saturated rings. The van der Waals surface area contributed by atoms with Gasteiger partial charge in [-0.1, -0.05) is 29.8 Å². The molecule has 11 heteroatoms. The molecule has 1 aliphatic carbocycles. The van der Waals surface area contributed by atoms with Crippen LogP contribution in [0, 0.1) is 5.92 Å². The Balaban J connectivity index is 1.09. The quantitative estimate of drug-likeness (QED) is 0.482. The minimum atomic E-state index is -2.87. The van der Waals surface area contributed by atoms with E-state index in [0.717, 1.165) is 36.0 Å². The number of hydrogen-bond donors (Lipinski definition) is 1. The molecule has 6 rings (SSSR count). The van der Waals surface area contributed by atoms with Crippen molar-refractivity contribution in [2.75, 3.05) is 29.4 Å². The van der Waals surface area contributed by atoms with Crippen molar-refractivity contribution >= 4 is 34.8 Å². The summed E-state index contributed by atoms with van der Waals surface area (Å²) in [6.07, 6.45) is 6.28. The van der Waals surface area contributed by atoms with E-state index in [1.807, 2.05) is 23.1 Å². The molecule has 3 aliphatic rings. The molecule has 1 aromatic carbocycles. The van der Waals surface area contributed by atoms with E-state index in [1.54, 1.807) is 12.4 Å². The zero-order chi connectivity index (χ0) is 27.1. The van der Waals surface area contributed by atoms with Gasteiger partial charge >= 0.3 is 0 Å². The van der Waals surface area contributed by atoms with Crippen molar-refractivity contribution in [3.05, 3.63) is 77.1 Å². The van der Waals surface area contributed by atoms with Crippen LogP contribution in [0.4, 0.5) is 20.2 Å². The summed E-state index contributed by atoms with van der Waals surface area (Å²) in [5.41, 5.74) is 1.61. The van der Waals surface area contributed by atoms with Gasteiger partial charge in [0.1, 0.15) is 17.4 Å². The van der Waals surface area contributed by atoms with Crippen LogP contribution < -0.4 is 15.1 Å². The predicted octanol–water partition coefficient (Wildman–Crippen LogP) is 4.56. The molecule has 0 bridgehead atoms. The fourth-order valence-corrected chi connectivity index (χ4v) is 6.30. The standard InChI is InChI=1S/C28H27ClF2N6O2/c29-18-9-21(24(25(30)31)34-10-18)26(38)35-19-7-5-17(6-8-19)13-37-23-4-2-1-3-22(23)28(27(37)39)14-36(15-28)20-11-32-16-33-12-20/h1-4,9-12,16-17,19,25H,5-8,13-15H2,(H,35,38). The number of anilines is 2. The molecule has 4 heterocycles. The number of nitrogens with one attached hydrogen (secondary N) is 1. The number of hydrogen-bond acceptors (Lipinski definition) is 6. The lowest BCUT2D eigenvalue weighted by molar-refractivity contribution is -0.124. The molecular formula is C28H27ClF2N6O2. The highest BCUT2D eigenvalue weighted by Crippen LogP contribution is 2.49. The molecule has 0 atom stereocenters. The van der Waals surface area contributed by atoms with Crippen molar-refractivity contribution in [1.29, 1.82) is 0 Å². The Morgan fingerprint density at radius 2 is 1.82 bits per heavy atom. The smallest absolute Gasteiger partial charge is 0.281 e. The highest BCUT2D eigenvalue weighted by molar-refractivity contribution is 6.30. The summed E-state index contributed by atoms with van der Waals surface area (Å²) in [5, 5.41) is 3.01. The number of rotatable bonds is 6. The summed E-state index contributed by atoms with van der Waals surface area (Å²) >= 11 is 5.90. The van der Waals surface area contributed by atoms with Crippen LogP contribution in [0.1, 0.15) is 53.7 Å². The van der Waals surface area contributed by atoms with Crippen molar-refractivity contribution in [2.24, 2.45) is 5.92 Å². The number of aromatic nitrogens is 3. The zero-order valence-electron chi connectivity index (χ0n) is 21.1. The van der Waals surface area contributed by atoms with Crippen molar-refractivity contribution < 1.29 is 18.4 Å². The fourth-order valence-electron chi connectivity index (χ4n) is 6.14. The van der Waals surface area contributed by atoms with Crippen LogP contribution in [0.15, 0.2) is 55.2 Å². The van der Waals surface area contributed by atoms with Crippen LogP contribution in [0.5, 0.6) is 0 Å². The molecule has 8 nitrogen and oxygen atoms in total. The van der Waals surface area contributed by atoms with Crippen molar-refractivity contribution in [3.8, 4) is 0 Å². The van der Waals surface area contributed by atoms with Crippen LogP contribution >= 0.6 is 11.6 Å². The molecule has 0 radical (unpaired) electrons. The molecule has 0 unspecified atom stereocenters. The van der Waals surface area contributed by atoms with Gasteiger partial charge in [-0.15, -0.1) is 0 Å². The number of carbonyl (C=O) groups is 2. The average molecular weight is 553 g/mol. The summed E-state index contributed by atoms with van der Waals surface area (Å²) in [7, 11) is 0. The summed E-state index contributed by atoms with van der Waals surface area (Å²) in [6, 6.07) is 9.10. The van der Waals surface area contributed by atoms with Gasteiger partial charge in [0.25, 0.3) is 12.3 Å². The maximum Gasteiger partial charge on any atom is 0.281 e. The molecule has 1 N–H and O–H groups in total. The van der Waals surface area contributed by atoms with E-state index in [0.29, 0.717) is 32.5 Å². The largest absolute Gasteiger partial charge is 0.366 e. The number of fused-ring (bicyclic) bond motifs is 2. The van der Waals surface area contributed by atoms with Crippen molar-refractivity contribution in [3.63, 3.8) is 0 Å². The maximum absolute atomic E-state index is 13.8. The lowest BCUT2D eigenvalue weighted by Gasteiger charge is -2.48. The molecule has 2 aromatic heterocycles. The first kappa shape index (κ1) is 25.6. The number of para-hydroxylation sites is 1. The third kappa shape index (κ3) is 4.60. The van der Waals surface area contributed by atoms with E-state index < -0.39 is 23.4 Å². The first-order valence-corrected chi connectivity index (χ1v) is 13.4.